The lowest BCUT2D eigenvalue weighted by atomic mass is 10.2. The van der Waals surface area contributed by atoms with Crippen molar-refractivity contribution < 1.29 is 18.0 Å². The minimum Gasteiger partial charge on any atom is -0.320 e. The Hall–Kier alpha value is -3.00. The average molecular weight is 387 g/mol. The number of rotatable bonds is 7. The summed E-state index contributed by atoms with van der Waals surface area (Å²) in [6.45, 7) is 4.65. The SMILES string of the molecule is CCS(=O)(=O)c1ccc(N/N=C(\C(C)=O)C(=O)Nc2ccccc2C)cc1. The second-order valence-electron chi connectivity index (χ2n) is 5.83. The van der Waals surface area contributed by atoms with E-state index in [1.165, 1.54) is 31.2 Å². The molecule has 0 atom stereocenters. The van der Waals surface area contributed by atoms with E-state index in [4.69, 9.17) is 0 Å². The zero-order valence-corrected chi connectivity index (χ0v) is 16.1. The van der Waals surface area contributed by atoms with Gasteiger partial charge < -0.3 is 5.32 Å². The maximum absolute atomic E-state index is 12.4. The van der Waals surface area contributed by atoms with Crippen LogP contribution in [0.1, 0.15) is 19.4 Å². The summed E-state index contributed by atoms with van der Waals surface area (Å²) in [5.41, 5.74) is 4.22. The van der Waals surface area contributed by atoms with Crippen LogP contribution in [0.4, 0.5) is 11.4 Å². The highest BCUT2D eigenvalue weighted by Gasteiger charge is 2.18. The van der Waals surface area contributed by atoms with Gasteiger partial charge in [0.2, 0.25) is 0 Å². The summed E-state index contributed by atoms with van der Waals surface area (Å²) in [6, 6.07) is 13.1. The van der Waals surface area contributed by atoms with Crippen molar-refractivity contribution in [3.63, 3.8) is 0 Å². The van der Waals surface area contributed by atoms with Gasteiger partial charge in [-0.1, -0.05) is 25.1 Å². The maximum Gasteiger partial charge on any atom is 0.279 e. The van der Waals surface area contributed by atoms with Crippen LogP contribution in [0.25, 0.3) is 0 Å². The van der Waals surface area contributed by atoms with Crippen LogP contribution in [0.5, 0.6) is 0 Å². The average Bonchev–Trinajstić information content (AvgIpc) is 2.64. The van der Waals surface area contributed by atoms with Crippen LogP contribution in [0.2, 0.25) is 0 Å². The summed E-state index contributed by atoms with van der Waals surface area (Å²) in [6.07, 6.45) is 0. The molecule has 0 saturated carbocycles. The number of benzene rings is 2. The monoisotopic (exact) mass is 387 g/mol. The molecule has 2 aromatic rings. The standard InChI is InChI=1S/C19H21N3O4S/c1-4-27(25,26)16-11-9-15(10-12-16)21-22-18(14(3)23)19(24)20-17-8-6-5-7-13(17)2/h5-12,21H,4H2,1-3H3,(H,20,24)/b22-18+. The molecule has 0 spiro atoms. The molecule has 7 nitrogen and oxygen atoms in total. The number of hydrogen-bond acceptors (Lipinski definition) is 6. The third kappa shape index (κ3) is 5.24. The van der Waals surface area contributed by atoms with Crippen LogP contribution >= 0.6 is 0 Å². The molecule has 0 saturated heterocycles. The lowest BCUT2D eigenvalue weighted by molar-refractivity contribution is -0.114. The van der Waals surface area contributed by atoms with Gasteiger partial charge >= 0.3 is 0 Å². The number of nitrogens with one attached hydrogen (secondary N) is 2. The molecular formula is C19H21N3O4S. The van der Waals surface area contributed by atoms with Crippen molar-refractivity contribution >= 4 is 38.6 Å². The molecule has 1 amide bonds. The molecule has 0 radical (unpaired) electrons. The normalized spacial score (nSPS) is 11.7. The minimum atomic E-state index is -3.29. The second-order valence-corrected chi connectivity index (χ2v) is 8.10. The number of carbonyl (C=O) groups excluding carboxylic acids is 2. The van der Waals surface area contributed by atoms with Gasteiger partial charge in [-0.15, -0.1) is 0 Å². The molecule has 0 bridgehead atoms. The molecule has 0 unspecified atom stereocenters. The number of para-hydroxylation sites is 1. The highest BCUT2D eigenvalue weighted by atomic mass is 32.2. The van der Waals surface area contributed by atoms with E-state index in [0.29, 0.717) is 11.4 Å². The molecule has 2 aromatic carbocycles. The number of sulfone groups is 1. The molecule has 0 fully saturated rings. The topological polar surface area (TPSA) is 105 Å². The van der Waals surface area contributed by atoms with Gasteiger partial charge in [0.1, 0.15) is 0 Å². The third-order valence-corrected chi connectivity index (χ3v) is 5.58. The van der Waals surface area contributed by atoms with E-state index >= 15 is 0 Å². The number of carbonyl (C=O) groups is 2. The number of hydrogen-bond donors (Lipinski definition) is 2. The van der Waals surface area contributed by atoms with E-state index < -0.39 is 21.5 Å². The fraction of sp³-hybridized carbons (Fsp3) is 0.211. The van der Waals surface area contributed by atoms with Crippen molar-refractivity contribution in [1.29, 1.82) is 0 Å². The number of nitrogens with zero attached hydrogens (tertiary/aromatic N) is 1. The van der Waals surface area contributed by atoms with Gasteiger partial charge in [0.25, 0.3) is 5.91 Å². The Kier molecular flexibility index (Phi) is 6.46. The largest absolute Gasteiger partial charge is 0.320 e. The Balaban J connectivity index is 2.17. The van der Waals surface area contributed by atoms with Crippen molar-refractivity contribution in [2.45, 2.75) is 25.7 Å². The van der Waals surface area contributed by atoms with Gasteiger partial charge in [0, 0.05) is 12.6 Å². The van der Waals surface area contributed by atoms with Crippen molar-refractivity contribution in [2.75, 3.05) is 16.5 Å². The maximum atomic E-state index is 12.4. The van der Waals surface area contributed by atoms with E-state index in [1.807, 2.05) is 19.1 Å². The Bertz CT molecular complexity index is 980. The lowest BCUT2D eigenvalue weighted by Gasteiger charge is -2.09. The first kappa shape index (κ1) is 20.3. The van der Waals surface area contributed by atoms with Crippen LogP contribution in [0.3, 0.4) is 0 Å². The highest BCUT2D eigenvalue weighted by molar-refractivity contribution is 7.91. The van der Waals surface area contributed by atoms with Gasteiger partial charge in [0.05, 0.1) is 16.3 Å². The molecule has 8 heteroatoms. The minimum absolute atomic E-state index is 0.00544. The van der Waals surface area contributed by atoms with Crippen LogP contribution in [0.15, 0.2) is 58.5 Å². The second kappa shape index (κ2) is 8.59. The summed E-state index contributed by atoms with van der Waals surface area (Å²) >= 11 is 0. The van der Waals surface area contributed by atoms with Crippen molar-refractivity contribution in [1.82, 2.24) is 0 Å². The van der Waals surface area contributed by atoms with E-state index in [1.54, 1.807) is 19.1 Å². The molecule has 142 valence electrons. The van der Waals surface area contributed by atoms with Crippen LogP contribution in [-0.4, -0.2) is 31.6 Å². The number of anilines is 2. The zero-order valence-electron chi connectivity index (χ0n) is 15.3. The van der Waals surface area contributed by atoms with Gasteiger partial charge in [0.15, 0.2) is 21.3 Å². The summed E-state index contributed by atoms with van der Waals surface area (Å²) < 4.78 is 23.6. The summed E-state index contributed by atoms with van der Waals surface area (Å²) in [5, 5.41) is 6.54. The molecule has 2 N–H and O–H groups in total. The molecular weight excluding hydrogens is 366 g/mol. The van der Waals surface area contributed by atoms with Crippen LogP contribution in [-0.2, 0) is 19.4 Å². The molecule has 0 aliphatic heterocycles. The van der Waals surface area contributed by atoms with E-state index in [2.05, 4.69) is 15.8 Å². The van der Waals surface area contributed by atoms with Crippen LogP contribution < -0.4 is 10.7 Å². The summed E-state index contributed by atoms with van der Waals surface area (Å²) in [4.78, 5) is 24.4. The van der Waals surface area contributed by atoms with E-state index in [0.717, 1.165) is 5.56 Å². The first-order chi connectivity index (χ1) is 12.7. The molecule has 2 rings (SSSR count). The summed E-state index contributed by atoms with van der Waals surface area (Å²) in [5.74, 6) is -1.13. The molecule has 0 heterocycles. The fourth-order valence-electron chi connectivity index (χ4n) is 2.21. The molecule has 27 heavy (non-hydrogen) atoms. The van der Waals surface area contributed by atoms with Gasteiger partial charge in [-0.3, -0.25) is 15.0 Å². The van der Waals surface area contributed by atoms with Crippen molar-refractivity contribution in [3.8, 4) is 0 Å². The van der Waals surface area contributed by atoms with Gasteiger partial charge in [-0.05, 0) is 42.8 Å². The van der Waals surface area contributed by atoms with Crippen molar-refractivity contribution in [3.05, 3.63) is 54.1 Å². The Labute approximate surface area is 158 Å². The molecule has 0 aromatic heterocycles. The van der Waals surface area contributed by atoms with Gasteiger partial charge in [-0.2, -0.15) is 5.10 Å². The number of hydrazone groups is 1. The Morgan fingerprint density at radius 1 is 1.04 bits per heavy atom. The number of aryl methyl sites for hydroxylation is 1. The Morgan fingerprint density at radius 2 is 1.67 bits per heavy atom. The van der Waals surface area contributed by atoms with Crippen LogP contribution in [0, 0.1) is 6.92 Å². The first-order valence-corrected chi connectivity index (χ1v) is 9.94. The zero-order chi connectivity index (χ0) is 20.0. The van der Waals surface area contributed by atoms with E-state index in [-0.39, 0.29) is 16.4 Å². The fourth-order valence-corrected chi connectivity index (χ4v) is 3.09. The highest BCUT2D eigenvalue weighted by Crippen LogP contribution is 2.16. The molecule has 0 aliphatic carbocycles. The van der Waals surface area contributed by atoms with Gasteiger partial charge in [-0.25, -0.2) is 8.42 Å². The number of ketones is 1. The molecule has 0 aliphatic rings. The third-order valence-electron chi connectivity index (χ3n) is 3.83. The smallest absolute Gasteiger partial charge is 0.279 e. The number of Topliss-reactive ketones (excluding diaryl/α,β-unsaturated/α-hetero) is 1. The lowest BCUT2D eigenvalue weighted by Crippen LogP contribution is -2.29. The predicted octanol–water partition coefficient (Wildman–Crippen LogP) is 2.78. The quantitative estimate of drug-likeness (QED) is 0.432. The first-order valence-electron chi connectivity index (χ1n) is 8.29. The predicted molar refractivity (Wildman–Crippen MR) is 106 cm³/mol. The van der Waals surface area contributed by atoms with Crippen molar-refractivity contribution in [2.24, 2.45) is 5.10 Å². The van der Waals surface area contributed by atoms with E-state index in [9.17, 15) is 18.0 Å². The summed E-state index contributed by atoms with van der Waals surface area (Å²) in [7, 11) is -3.29. The number of amides is 1. The Morgan fingerprint density at radius 3 is 2.22 bits per heavy atom.